The third-order valence-corrected chi connectivity index (χ3v) is 2.62. The lowest BCUT2D eigenvalue weighted by atomic mass is 10.3. The summed E-state index contributed by atoms with van der Waals surface area (Å²) in [6.45, 7) is 0.840. The highest BCUT2D eigenvalue weighted by atomic mass is 16.5. The molecule has 0 radical (unpaired) electrons. The molecule has 0 bridgehead atoms. The Hall–Kier alpha value is -2.00. The van der Waals surface area contributed by atoms with Gasteiger partial charge in [-0.25, -0.2) is 0 Å². The van der Waals surface area contributed by atoms with E-state index < -0.39 is 0 Å². The van der Waals surface area contributed by atoms with Gasteiger partial charge in [-0.3, -0.25) is 0 Å². The minimum atomic E-state index is 0.215. The van der Waals surface area contributed by atoms with Gasteiger partial charge in [0.1, 0.15) is 17.2 Å². The first-order chi connectivity index (χ1) is 9.38. The molecule has 2 aromatic carbocycles. The average molecular weight is 258 g/mol. The van der Waals surface area contributed by atoms with Crippen molar-refractivity contribution >= 4 is 0 Å². The lowest BCUT2D eigenvalue weighted by molar-refractivity contribution is 0.253. The molecule has 0 fully saturated rings. The van der Waals surface area contributed by atoms with Crippen LogP contribution in [0.25, 0.3) is 0 Å². The zero-order valence-electron chi connectivity index (χ0n) is 10.8. The maximum atomic E-state index is 8.67. The third kappa shape index (κ3) is 4.64. The number of hydrogen-bond acceptors (Lipinski definition) is 3. The van der Waals surface area contributed by atoms with Crippen molar-refractivity contribution in [3.63, 3.8) is 0 Å². The SMILES string of the molecule is OCCCCOc1ccc(Oc2ccccc2)cc1. The molecule has 19 heavy (non-hydrogen) atoms. The van der Waals surface area contributed by atoms with Crippen molar-refractivity contribution in [1.29, 1.82) is 0 Å². The van der Waals surface area contributed by atoms with Gasteiger partial charge in [0.25, 0.3) is 0 Å². The number of rotatable bonds is 7. The van der Waals surface area contributed by atoms with E-state index in [-0.39, 0.29) is 6.61 Å². The minimum Gasteiger partial charge on any atom is -0.494 e. The maximum absolute atomic E-state index is 8.67. The molecule has 0 spiro atoms. The van der Waals surface area contributed by atoms with Crippen molar-refractivity contribution in [2.24, 2.45) is 0 Å². The predicted octanol–water partition coefficient (Wildman–Crippen LogP) is 3.63. The molecule has 2 rings (SSSR count). The Morgan fingerprint density at radius 3 is 2.05 bits per heavy atom. The first kappa shape index (κ1) is 13.4. The average Bonchev–Trinajstić information content (AvgIpc) is 2.46. The van der Waals surface area contributed by atoms with Crippen LogP contribution in [0.3, 0.4) is 0 Å². The van der Waals surface area contributed by atoms with Crippen LogP contribution >= 0.6 is 0 Å². The van der Waals surface area contributed by atoms with E-state index in [1.807, 2.05) is 54.6 Å². The van der Waals surface area contributed by atoms with Gasteiger partial charge in [-0.2, -0.15) is 0 Å². The quantitative estimate of drug-likeness (QED) is 0.771. The number of unbranched alkanes of at least 4 members (excludes halogenated alkanes) is 1. The van der Waals surface area contributed by atoms with Crippen molar-refractivity contribution in [2.75, 3.05) is 13.2 Å². The summed E-state index contributed by atoms with van der Waals surface area (Å²) in [5.41, 5.74) is 0. The van der Waals surface area contributed by atoms with Gasteiger partial charge in [0, 0.05) is 6.61 Å². The Labute approximate surface area is 113 Å². The highest BCUT2D eigenvalue weighted by Crippen LogP contribution is 2.23. The Morgan fingerprint density at radius 1 is 0.737 bits per heavy atom. The second-order valence-corrected chi connectivity index (χ2v) is 4.17. The van der Waals surface area contributed by atoms with Crippen LogP contribution in [0.4, 0.5) is 0 Å². The summed E-state index contributed by atoms with van der Waals surface area (Å²) in [5, 5.41) is 8.67. The normalized spacial score (nSPS) is 10.2. The number of para-hydroxylation sites is 1. The molecule has 0 aliphatic heterocycles. The van der Waals surface area contributed by atoms with Crippen molar-refractivity contribution in [3.8, 4) is 17.2 Å². The minimum absolute atomic E-state index is 0.215. The molecule has 1 N–H and O–H groups in total. The van der Waals surface area contributed by atoms with Crippen LogP contribution in [0.2, 0.25) is 0 Å². The number of hydrogen-bond donors (Lipinski definition) is 1. The van der Waals surface area contributed by atoms with Crippen LogP contribution in [0.15, 0.2) is 54.6 Å². The lowest BCUT2D eigenvalue weighted by Gasteiger charge is -2.08. The van der Waals surface area contributed by atoms with Crippen molar-refractivity contribution in [1.82, 2.24) is 0 Å². The third-order valence-electron chi connectivity index (χ3n) is 2.62. The van der Waals surface area contributed by atoms with Crippen LogP contribution in [0.1, 0.15) is 12.8 Å². The first-order valence-corrected chi connectivity index (χ1v) is 6.45. The molecule has 0 aliphatic carbocycles. The largest absolute Gasteiger partial charge is 0.494 e. The van der Waals surface area contributed by atoms with E-state index >= 15 is 0 Å². The molecule has 0 saturated carbocycles. The monoisotopic (exact) mass is 258 g/mol. The van der Waals surface area contributed by atoms with Crippen molar-refractivity contribution in [2.45, 2.75) is 12.8 Å². The fourth-order valence-corrected chi connectivity index (χ4v) is 1.63. The summed E-state index contributed by atoms with van der Waals surface area (Å²) in [4.78, 5) is 0. The van der Waals surface area contributed by atoms with E-state index in [1.165, 1.54) is 0 Å². The molecule has 0 unspecified atom stereocenters. The molecule has 0 heterocycles. The van der Waals surface area contributed by atoms with E-state index in [2.05, 4.69) is 0 Å². The smallest absolute Gasteiger partial charge is 0.127 e. The lowest BCUT2D eigenvalue weighted by Crippen LogP contribution is -1.98. The van der Waals surface area contributed by atoms with E-state index in [1.54, 1.807) is 0 Å². The maximum Gasteiger partial charge on any atom is 0.127 e. The number of ether oxygens (including phenoxy) is 2. The summed E-state index contributed by atoms with van der Waals surface area (Å²) < 4.78 is 11.2. The fraction of sp³-hybridized carbons (Fsp3) is 0.250. The van der Waals surface area contributed by atoms with Crippen LogP contribution in [-0.2, 0) is 0 Å². The molecule has 3 heteroatoms. The molecular formula is C16H18O3. The van der Waals surface area contributed by atoms with Gasteiger partial charge >= 0.3 is 0 Å². The van der Waals surface area contributed by atoms with Crippen LogP contribution in [0.5, 0.6) is 17.2 Å². The number of benzene rings is 2. The van der Waals surface area contributed by atoms with Gasteiger partial charge in [0.15, 0.2) is 0 Å². The summed E-state index contributed by atoms with van der Waals surface area (Å²) in [6.07, 6.45) is 1.63. The van der Waals surface area contributed by atoms with Gasteiger partial charge in [-0.05, 0) is 49.2 Å². The molecule has 100 valence electrons. The summed E-state index contributed by atoms with van der Waals surface area (Å²) >= 11 is 0. The van der Waals surface area contributed by atoms with Crippen LogP contribution in [0, 0.1) is 0 Å². The fourth-order valence-electron chi connectivity index (χ4n) is 1.63. The summed E-state index contributed by atoms with van der Waals surface area (Å²) in [7, 11) is 0. The molecule has 0 saturated heterocycles. The van der Waals surface area contributed by atoms with Crippen molar-refractivity contribution in [3.05, 3.63) is 54.6 Å². The summed E-state index contributed by atoms with van der Waals surface area (Å²) in [5.74, 6) is 2.42. The Bertz CT molecular complexity index is 465. The van der Waals surface area contributed by atoms with Crippen molar-refractivity contribution < 1.29 is 14.6 Å². The van der Waals surface area contributed by atoms with Crippen LogP contribution in [-0.4, -0.2) is 18.3 Å². The highest BCUT2D eigenvalue weighted by molar-refractivity contribution is 5.35. The molecule has 0 amide bonds. The van der Waals surface area contributed by atoms with Crippen LogP contribution < -0.4 is 9.47 Å². The molecule has 2 aromatic rings. The summed E-state index contributed by atoms with van der Waals surface area (Å²) in [6, 6.07) is 17.2. The second kappa shape index (κ2) is 7.44. The van der Waals surface area contributed by atoms with E-state index in [0.717, 1.165) is 30.1 Å². The number of aliphatic hydroxyl groups is 1. The molecule has 0 aliphatic rings. The molecule has 0 atom stereocenters. The zero-order chi connectivity index (χ0) is 13.3. The topological polar surface area (TPSA) is 38.7 Å². The highest BCUT2D eigenvalue weighted by Gasteiger charge is 1.98. The Balaban J connectivity index is 1.84. The molecule has 0 aromatic heterocycles. The van der Waals surface area contributed by atoms with Gasteiger partial charge < -0.3 is 14.6 Å². The molecular weight excluding hydrogens is 240 g/mol. The number of aliphatic hydroxyl groups excluding tert-OH is 1. The van der Waals surface area contributed by atoms with Gasteiger partial charge in [0.05, 0.1) is 6.61 Å². The van der Waals surface area contributed by atoms with Gasteiger partial charge in [-0.1, -0.05) is 18.2 Å². The zero-order valence-corrected chi connectivity index (χ0v) is 10.8. The first-order valence-electron chi connectivity index (χ1n) is 6.45. The standard InChI is InChI=1S/C16H18O3/c17-12-4-5-13-18-14-8-10-16(11-9-14)19-15-6-2-1-3-7-15/h1-3,6-11,17H,4-5,12-13H2. The molecule has 3 nitrogen and oxygen atoms in total. The van der Waals surface area contributed by atoms with E-state index in [9.17, 15) is 0 Å². The predicted molar refractivity (Wildman–Crippen MR) is 74.8 cm³/mol. The van der Waals surface area contributed by atoms with Gasteiger partial charge in [-0.15, -0.1) is 0 Å². The van der Waals surface area contributed by atoms with Gasteiger partial charge in [0.2, 0.25) is 0 Å². The second-order valence-electron chi connectivity index (χ2n) is 4.17. The Kier molecular flexibility index (Phi) is 5.26. The Morgan fingerprint density at radius 2 is 1.37 bits per heavy atom. The van der Waals surface area contributed by atoms with E-state index in [4.69, 9.17) is 14.6 Å². The van der Waals surface area contributed by atoms with E-state index in [0.29, 0.717) is 6.61 Å².